The van der Waals surface area contributed by atoms with Gasteiger partial charge in [-0.2, -0.15) is 4.98 Å². The summed E-state index contributed by atoms with van der Waals surface area (Å²) in [7, 11) is 0. The molecule has 1 saturated heterocycles. The fraction of sp³-hybridized carbons (Fsp3) is 0.541. The van der Waals surface area contributed by atoms with E-state index in [1.165, 1.54) is 21.4 Å². The molecule has 242 valence electrons. The third-order valence-corrected chi connectivity index (χ3v) is 8.68. The first-order valence-corrected chi connectivity index (χ1v) is 16.5. The van der Waals surface area contributed by atoms with Gasteiger partial charge in [0.05, 0.1) is 13.0 Å². The molecule has 0 atom stereocenters. The van der Waals surface area contributed by atoms with Crippen LogP contribution in [-0.4, -0.2) is 67.8 Å². The van der Waals surface area contributed by atoms with Gasteiger partial charge in [-0.3, -0.25) is 19.4 Å². The highest BCUT2D eigenvalue weighted by Gasteiger charge is 2.31. The maximum Gasteiger partial charge on any atom is 0.308 e. The van der Waals surface area contributed by atoms with Crippen molar-refractivity contribution in [3.05, 3.63) is 60.2 Å². The molecular formula is C37H50N4O4. The second-order valence-corrected chi connectivity index (χ2v) is 14.6. The number of carbonyl (C=O) groups is 2. The Balaban J connectivity index is 1.06. The lowest BCUT2D eigenvalue weighted by molar-refractivity contribution is -0.146. The molecular weight excluding hydrogens is 564 g/mol. The Morgan fingerprint density at radius 2 is 1.64 bits per heavy atom. The molecule has 8 heteroatoms. The minimum Gasteiger partial charge on any atom is -0.478 e. The number of hydrogen-bond donors (Lipinski definition) is 0. The second-order valence-electron chi connectivity index (χ2n) is 14.6. The summed E-state index contributed by atoms with van der Waals surface area (Å²) in [6.07, 6.45) is 4.16. The van der Waals surface area contributed by atoms with Crippen molar-refractivity contribution in [2.24, 2.45) is 10.8 Å². The number of piperazine rings is 1. The van der Waals surface area contributed by atoms with Crippen molar-refractivity contribution in [3.63, 3.8) is 0 Å². The van der Waals surface area contributed by atoms with Crippen molar-refractivity contribution >= 4 is 34.2 Å². The van der Waals surface area contributed by atoms with Crippen LogP contribution >= 0.6 is 0 Å². The van der Waals surface area contributed by atoms with Gasteiger partial charge in [0.15, 0.2) is 6.73 Å². The molecule has 0 radical (unpaired) electrons. The highest BCUT2D eigenvalue weighted by atomic mass is 16.5. The summed E-state index contributed by atoms with van der Waals surface area (Å²) in [4.78, 5) is 36.7. The zero-order chi connectivity index (χ0) is 32.0. The quantitative estimate of drug-likeness (QED) is 0.163. The van der Waals surface area contributed by atoms with Gasteiger partial charge in [0, 0.05) is 49.7 Å². The van der Waals surface area contributed by atoms with Gasteiger partial charge >= 0.3 is 5.97 Å². The predicted octanol–water partition coefficient (Wildman–Crippen LogP) is 6.85. The van der Waals surface area contributed by atoms with Crippen LogP contribution in [0.1, 0.15) is 72.3 Å². The molecule has 2 aliphatic rings. The van der Waals surface area contributed by atoms with E-state index in [2.05, 4.69) is 91.9 Å². The molecule has 1 fully saturated rings. The van der Waals surface area contributed by atoms with Crippen LogP contribution in [0.3, 0.4) is 0 Å². The third-order valence-electron chi connectivity index (χ3n) is 8.68. The van der Waals surface area contributed by atoms with Crippen molar-refractivity contribution in [2.75, 3.05) is 55.9 Å². The summed E-state index contributed by atoms with van der Waals surface area (Å²) in [6.45, 7) is 16.3. The lowest BCUT2D eigenvalue weighted by Crippen LogP contribution is -2.46. The topological polar surface area (TPSA) is 75.2 Å². The second kappa shape index (κ2) is 14.2. The first-order valence-electron chi connectivity index (χ1n) is 16.5. The maximum atomic E-state index is 12.8. The lowest BCUT2D eigenvalue weighted by Gasteiger charge is -2.36. The molecule has 3 heterocycles. The van der Waals surface area contributed by atoms with Crippen LogP contribution < -0.4 is 14.5 Å². The van der Waals surface area contributed by atoms with Gasteiger partial charge in [0.2, 0.25) is 11.8 Å². The van der Waals surface area contributed by atoms with E-state index in [0.717, 1.165) is 57.5 Å². The average Bonchev–Trinajstić information content (AvgIpc) is 2.99. The monoisotopic (exact) mass is 614 g/mol. The molecule has 0 spiro atoms. The molecule has 0 N–H and O–H groups in total. The summed E-state index contributed by atoms with van der Waals surface area (Å²) in [5.41, 5.74) is 2.22. The van der Waals surface area contributed by atoms with Crippen LogP contribution in [0, 0.1) is 10.8 Å². The molecule has 2 aromatic carbocycles. The standard InChI is InChI=1S/C37H50N4O4/c1-36(2,3)26-37(4,5)25-34(43)45-27-41-33(42)18-16-29-15-17-32(38-35(29)41)44-24-9-8-19-39-20-22-40(23-21-39)31-14-10-12-28-11-6-7-13-30(28)31/h6-7,10-15,17H,8-9,16,18-27H2,1-5H3. The van der Waals surface area contributed by atoms with Gasteiger partial charge in [-0.25, -0.2) is 0 Å². The number of aromatic nitrogens is 1. The zero-order valence-corrected chi connectivity index (χ0v) is 27.8. The van der Waals surface area contributed by atoms with Gasteiger partial charge in [0.1, 0.15) is 5.82 Å². The fourth-order valence-electron chi connectivity index (χ4n) is 6.98. The Morgan fingerprint density at radius 1 is 0.889 bits per heavy atom. The number of pyridine rings is 1. The Bertz CT molecular complexity index is 1470. The van der Waals surface area contributed by atoms with Crippen molar-refractivity contribution in [1.82, 2.24) is 9.88 Å². The van der Waals surface area contributed by atoms with Crippen LogP contribution in [0.25, 0.3) is 10.8 Å². The highest BCUT2D eigenvalue weighted by Crippen LogP contribution is 2.36. The Kier molecular flexibility index (Phi) is 10.3. The molecule has 3 aromatic rings. The van der Waals surface area contributed by atoms with E-state index in [1.54, 1.807) is 0 Å². The number of carbonyl (C=O) groups excluding carboxylic acids is 2. The van der Waals surface area contributed by atoms with Crippen LogP contribution in [0.4, 0.5) is 11.5 Å². The molecule has 0 aliphatic carbocycles. The van der Waals surface area contributed by atoms with Gasteiger partial charge < -0.3 is 14.4 Å². The molecule has 0 bridgehead atoms. The number of unbranched alkanes of at least 4 members (excludes halogenated alkanes) is 1. The SMILES string of the molecule is CC(C)(C)CC(C)(C)CC(=O)OCN1C(=O)CCc2ccc(OCCCCN3CCN(c4cccc5ccccc45)CC3)nc21. The molecule has 45 heavy (non-hydrogen) atoms. The first-order chi connectivity index (χ1) is 21.5. The van der Waals surface area contributed by atoms with E-state index in [1.807, 2.05) is 12.1 Å². The van der Waals surface area contributed by atoms with E-state index < -0.39 is 0 Å². The lowest BCUT2D eigenvalue weighted by atomic mass is 9.74. The van der Waals surface area contributed by atoms with E-state index in [-0.39, 0.29) is 29.4 Å². The van der Waals surface area contributed by atoms with E-state index in [4.69, 9.17) is 9.47 Å². The van der Waals surface area contributed by atoms with Gasteiger partial charge in [-0.1, -0.05) is 71.0 Å². The summed E-state index contributed by atoms with van der Waals surface area (Å²) in [5, 5.41) is 2.62. The summed E-state index contributed by atoms with van der Waals surface area (Å²) in [6, 6.07) is 19.0. The van der Waals surface area contributed by atoms with E-state index in [9.17, 15) is 9.59 Å². The molecule has 0 saturated carbocycles. The zero-order valence-electron chi connectivity index (χ0n) is 27.8. The maximum absolute atomic E-state index is 12.8. The van der Waals surface area contributed by atoms with Gasteiger partial charge in [-0.05, 0) is 66.1 Å². The number of fused-ring (bicyclic) bond motifs is 2. The van der Waals surface area contributed by atoms with Gasteiger partial charge in [-0.15, -0.1) is 0 Å². The van der Waals surface area contributed by atoms with Crippen LogP contribution in [0.2, 0.25) is 0 Å². The van der Waals surface area contributed by atoms with E-state index in [0.29, 0.717) is 37.6 Å². The predicted molar refractivity (Wildman–Crippen MR) is 181 cm³/mol. The first kappa shape index (κ1) is 32.7. The fourth-order valence-corrected chi connectivity index (χ4v) is 6.98. The normalized spacial score (nSPS) is 16.2. The number of aryl methyl sites for hydroxylation is 1. The van der Waals surface area contributed by atoms with Crippen molar-refractivity contribution in [1.29, 1.82) is 0 Å². The number of rotatable bonds is 12. The third kappa shape index (κ3) is 8.97. The Labute approximate surface area is 268 Å². The summed E-state index contributed by atoms with van der Waals surface area (Å²) >= 11 is 0. The number of ether oxygens (including phenoxy) is 2. The number of amides is 1. The molecule has 1 amide bonds. The number of anilines is 2. The van der Waals surface area contributed by atoms with Crippen LogP contribution in [-0.2, 0) is 20.7 Å². The van der Waals surface area contributed by atoms with E-state index >= 15 is 0 Å². The average molecular weight is 615 g/mol. The highest BCUT2D eigenvalue weighted by molar-refractivity contribution is 5.95. The largest absolute Gasteiger partial charge is 0.478 e. The summed E-state index contributed by atoms with van der Waals surface area (Å²) in [5.74, 6) is 0.644. The number of esters is 1. The van der Waals surface area contributed by atoms with Crippen LogP contribution in [0.15, 0.2) is 54.6 Å². The minimum atomic E-state index is -0.299. The summed E-state index contributed by atoms with van der Waals surface area (Å²) < 4.78 is 11.6. The van der Waals surface area contributed by atoms with Crippen molar-refractivity contribution in [2.45, 2.75) is 73.1 Å². The Morgan fingerprint density at radius 3 is 2.42 bits per heavy atom. The Hall–Kier alpha value is -3.65. The smallest absolute Gasteiger partial charge is 0.308 e. The molecule has 0 unspecified atom stereocenters. The molecule has 2 aliphatic heterocycles. The number of nitrogens with zero attached hydrogens (tertiary/aromatic N) is 4. The van der Waals surface area contributed by atoms with Gasteiger partial charge in [0.25, 0.3) is 0 Å². The molecule has 1 aromatic heterocycles. The van der Waals surface area contributed by atoms with Crippen molar-refractivity contribution < 1.29 is 19.1 Å². The molecule has 8 nitrogen and oxygen atoms in total. The number of benzene rings is 2. The minimum absolute atomic E-state index is 0.0885. The van der Waals surface area contributed by atoms with Crippen LogP contribution in [0.5, 0.6) is 5.88 Å². The number of hydrogen-bond acceptors (Lipinski definition) is 7. The van der Waals surface area contributed by atoms with Crippen molar-refractivity contribution in [3.8, 4) is 5.88 Å². The molecule has 5 rings (SSSR count).